The third-order valence-corrected chi connectivity index (χ3v) is 5.28. The molecule has 2 N–H and O–H groups in total. The molecule has 25 heavy (non-hydrogen) atoms. The first-order valence-electron chi connectivity index (χ1n) is 6.81. The van der Waals surface area contributed by atoms with Gasteiger partial charge in [0.25, 0.3) is 15.9 Å². The molecule has 0 radical (unpaired) electrons. The van der Waals surface area contributed by atoms with Crippen LogP contribution in [0.2, 0.25) is 0 Å². The van der Waals surface area contributed by atoms with Gasteiger partial charge in [-0.1, -0.05) is 18.2 Å². The summed E-state index contributed by atoms with van der Waals surface area (Å²) >= 11 is 1.96. The Morgan fingerprint density at radius 3 is 2.40 bits per heavy atom. The minimum absolute atomic E-state index is 0.185. The fourth-order valence-electron chi connectivity index (χ4n) is 1.83. The largest absolute Gasteiger partial charge is 0.405 e. The van der Waals surface area contributed by atoms with Crippen LogP contribution in [0.5, 0.6) is 0 Å². The number of rotatable bonds is 5. The van der Waals surface area contributed by atoms with Crippen LogP contribution < -0.4 is 10.0 Å². The normalized spacial score (nSPS) is 11.8. The van der Waals surface area contributed by atoms with E-state index in [1.807, 2.05) is 22.6 Å². The standard InChI is InChI=1S/C15H12F3IN2O3S/c16-15(17,18)9-20-14(22)10-4-3-5-11(8-10)25(23,24)21-13-7-2-1-6-12(13)19/h1-8,21H,9H2,(H,20,22). The summed E-state index contributed by atoms with van der Waals surface area (Å²) < 4.78 is 64.4. The van der Waals surface area contributed by atoms with Gasteiger partial charge >= 0.3 is 6.18 Å². The zero-order valence-electron chi connectivity index (χ0n) is 12.5. The zero-order valence-corrected chi connectivity index (χ0v) is 15.4. The van der Waals surface area contributed by atoms with Crippen molar-refractivity contribution in [2.75, 3.05) is 11.3 Å². The van der Waals surface area contributed by atoms with Crippen molar-refractivity contribution in [1.82, 2.24) is 5.32 Å². The maximum atomic E-state index is 12.4. The number of anilines is 1. The molecule has 10 heteroatoms. The second-order valence-corrected chi connectivity index (χ2v) is 7.76. The van der Waals surface area contributed by atoms with Gasteiger partial charge in [0.2, 0.25) is 0 Å². The Bertz CT molecular complexity index is 886. The lowest BCUT2D eigenvalue weighted by Crippen LogP contribution is -2.33. The number of sulfonamides is 1. The van der Waals surface area contributed by atoms with E-state index in [0.717, 1.165) is 6.07 Å². The molecule has 134 valence electrons. The summed E-state index contributed by atoms with van der Waals surface area (Å²) in [6.45, 7) is -1.50. The smallest absolute Gasteiger partial charge is 0.343 e. The highest BCUT2D eigenvalue weighted by Gasteiger charge is 2.28. The Morgan fingerprint density at radius 2 is 1.76 bits per heavy atom. The van der Waals surface area contributed by atoms with Gasteiger partial charge in [-0.25, -0.2) is 8.42 Å². The van der Waals surface area contributed by atoms with E-state index < -0.39 is 28.7 Å². The SMILES string of the molecule is O=C(NCC(F)(F)F)c1cccc(S(=O)(=O)Nc2ccccc2I)c1. The number of alkyl halides is 3. The molecule has 2 rings (SSSR count). The highest BCUT2D eigenvalue weighted by Crippen LogP contribution is 2.22. The highest BCUT2D eigenvalue weighted by atomic mass is 127. The van der Waals surface area contributed by atoms with Gasteiger partial charge in [-0.2, -0.15) is 13.2 Å². The molecular weight excluding hydrogens is 472 g/mol. The van der Waals surface area contributed by atoms with Crippen molar-refractivity contribution in [3.8, 4) is 0 Å². The Hall–Kier alpha value is -1.82. The first-order valence-corrected chi connectivity index (χ1v) is 9.37. The van der Waals surface area contributed by atoms with Crippen LogP contribution in [0.4, 0.5) is 18.9 Å². The lowest BCUT2D eigenvalue weighted by molar-refractivity contribution is -0.123. The summed E-state index contributed by atoms with van der Waals surface area (Å²) in [5.41, 5.74) is 0.171. The van der Waals surface area contributed by atoms with Crippen molar-refractivity contribution < 1.29 is 26.4 Å². The van der Waals surface area contributed by atoms with Gasteiger partial charge in [-0.05, 0) is 52.9 Å². The number of nitrogens with one attached hydrogen (secondary N) is 2. The van der Waals surface area contributed by atoms with Crippen LogP contribution in [-0.4, -0.2) is 27.0 Å². The predicted molar refractivity (Wildman–Crippen MR) is 94.8 cm³/mol. The number of amides is 1. The number of carbonyl (C=O) groups excluding carboxylic acids is 1. The van der Waals surface area contributed by atoms with E-state index >= 15 is 0 Å². The third kappa shape index (κ3) is 5.59. The summed E-state index contributed by atoms with van der Waals surface area (Å²) in [6, 6.07) is 11.5. The molecule has 0 unspecified atom stereocenters. The van der Waals surface area contributed by atoms with Crippen LogP contribution >= 0.6 is 22.6 Å². The number of hydrogen-bond donors (Lipinski definition) is 2. The quantitative estimate of drug-likeness (QED) is 0.640. The van der Waals surface area contributed by atoms with Crippen LogP contribution in [0.3, 0.4) is 0 Å². The van der Waals surface area contributed by atoms with E-state index in [9.17, 15) is 26.4 Å². The van der Waals surface area contributed by atoms with Gasteiger partial charge in [0.1, 0.15) is 6.54 Å². The van der Waals surface area contributed by atoms with Gasteiger partial charge in [0, 0.05) is 9.13 Å². The van der Waals surface area contributed by atoms with Crippen molar-refractivity contribution in [3.63, 3.8) is 0 Å². The summed E-state index contributed by atoms with van der Waals surface area (Å²) in [6.07, 6.45) is -4.55. The molecule has 0 aliphatic rings. The molecule has 0 bridgehead atoms. The summed E-state index contributed by atoms with van der Waals surface area (Å²) in [5.74, 6) is -1.01. The van der Waals surface area contributed by atoms with Gasteiger partial charge < -0.3 is 5.32 Å². The number of para-hydroxylation sites is 1. The Kier molecular flexibility index (Phi) is 5.93. The second-order valence-electron chi connectivity index (χ2n) is 4.91. The maximum absolute atomic E-state index is 12.4. The van der Waals surface area contributed by atoms with Crippen molar-refractivity contribution in [1.29, 1.82) is 0 Å². The molecule has 0 saturated carbocycles. The highest BCUT2D eigenvalue weighted by molar-refractivity contribution is 14.1. The van der Waals surface area contributed by atoms with Crippen LogP contribution in [0.1, 0.15) is 10.4 Å². The average Bonchev–Trinajstić information content (AvgIpc) is 2.54. The molecule has 2 aromatic carbocycles. The molecule has 0 spiro atoms. The minimum atomic E-state index is -4.55. The third-order valence-electron chi connectivity index (χ3n) is 2.97. The Labute approximate surface area is 155 Å². The molecule has 0 aliphatic carbocycles. The topological polar surface area (TPSA) is 75.3 Å². The number of hydrogen-bond acceptors (Lipinski definition) is 3. The molecule has 1 amide bonds. The van der Waals surface area contributed by atoms with Crippen LogP contribution in [0, 0.1) is 3.57 Å². The van der Waals surface area contributed by atoms with Gasteiger partial charge in [-0.3, -0.25) is 9.52 Å². The molecule has 0 atom stereocenters. The monoisotopic (exact) mass is 484 g/mol. The minimum Gasteiger partial charge on any atom is -0.343 e. The second kappa shape index (κ2) is 7.60. The van der Waals surface area contributed by atoms with Crippen molar-refractivity contribution in [2.45, 2.75) is 11.1 Å². The van der Waals surface area contributed by atoms with Crippen molar-refractivity contribution >= 4 is 44.2 Å². The average molecular weight is 484 g/mol. The zero-order chi connectivity index (χ0) is 18.7. The molecule has 0 aromatic heterocycles. The summed E-state index contributed by atoms with van der Waals surface area (Å²) in [4.78, 5) is 11.5. The number of benzene rings is 2. The van der Waals surface area contributed by atoms with Crippen LogP contribution in [0.25, 0.3) is 0 Å². The first-order chi connectivity index (χ1) is 11.6. The molecule has 0 saturated heterocycles. The van der Waals surface area contributed by atoms with Crippen LogP contribution in [0.15, 0.2) is 53.4 Å². The summed E-state index contributed by atoms with van der Waals surface area (Å²) in [5, 5.41) is 1.70. The van der Waals surface area contributed by atoms with Gasteiger partial charge in [0.15, 0.2) is 0 Å². The lowest BCUT2D eigenvalue weighted by Gasteiger charge is -2.11. The number of halogens is 4. The first kappa shape index (κ1) is 19.5. The van der Waals surface area contributed by atoms with Crippen LogP contribution in [-0.2, 0) is 10.0 Å². The van der Waals surface area contributed by atoms with Crippen molar-refractivity contribution in [3.05, 3.63) is 57.7 Å². The van der Waals surface area contributed by atoms with E-state index in [1.54, 1.807) is 29.6 Å². The number of carbonyl (C=O) groups is 1. The predicted octanol–water partition coefficient (Wildman–Crippen LogP) is 3.38. The fourth-order valence-corrected chi connectivity index (χ4v) is 3.67. The van der Waals surface area contributed by atoms with E-state index in [2.05, 4.69) is 4.72 Å². The molecule has 0 fully saturated rings. The molecule has 5 nitrogen and oxygen atoms in total. The van der Waals surface area contributed by atoms with E-state index in [-0.39, 0.29) is 10.5 Å². The van der Waals surface area contributed by atoms with E-state index in [1.165, 1.54) is 18.2 Å². The molecule has 0 heterocycles. The fraction of sp³-hybridized carbons (Fsp3) is 0.133. The molecule has 2 aromatic rings. The Balaban J connectivity index is 2.22. The van der Waals surface area contributed by atoms with E-state index in [4.69, 9.17) is 0 Å². The lowest BCUT2D eigenvalue weighted by atomic mass is 10.2. The van der Waals surface area contributed by atoms with Gasteiger partial charge in [-0.15, -0.1) is 0 Å². The molecular formula is C15H12F3IN2O3S. The van der Waals surface area contributed by atoms with Crippen molar-refractivity contribution in [2.24, 2.45) is 0 Å². The van der Waals surface area contributed by atoms with Gasteiger partial charge in [0.05, 0.1) is 10.6 Å². The maximum Gasteiger partial charge on any atom is 0.405 e. The van der Waals surface area contributed by atoms with E-state index in [0.29, 0.717) is 9.26 Å². The molecule has 0 aliphatic heterocycles. The Morgan fingerprint density at radius 1 is 1.08 bits per heavy atom. The summed E-state index contributed by atoms with van der Waals surface area (Å²) in [7, 11) is -3.99.